The molecular weight excluding hydrogens is 224 g/mol. The first kappa shape index (κ1) is 13.1. The van der Waals surface area contributed by atoms with Gasteiger partial charge in [0.15, 0.2) is 0 Å². The van der Waals surface area contributed by atoms with E-state index >= 15 is 0 Å². The molecule has 1 heterocycles. The van der Waals surface area contributed by atoms with Crippen molar-refractivity contribution in [2.75, 3.05) is 17.2 Å². The number of anilines is 2. The maximum absolute atomic E-state index is 6.01. The molecule has 1 fully saturated rings. The van der Waals surface area contributed by atoms with Gasteiger partial charge in [-0.1, -0.05) is 19.8 Å². The highest BCUT2D eigenvalue weighted by atomic mass is 15.2. The molecule has 18 heavy (non-hydrogen) atoms. The second-order valence-corrected chi connectivity index (χ2v) is 5.05. The van der Waals surface area contributed by atoms with E-state index in [1.807, 2.05) is 6.92 Å². The zero-order valence-corrected chi connectivity index (χ0v) is 11.7. The van der Waals surface area contributed by atoms with Crippen LogP contribution in [-0.2, 0) is 6.42 Å². The second kappa shape index (κ2) is 5.55. The van der Waals surface area contributed by atoms with Crippen molar-refractivity contribution in [2.45, 2.75) is 58.9 Å². The number of nitrogen functional groups attached to an aromatic ring is 1. The lowest BCUT2D eigenvalue weighted by Gasteiger charge is -2.30. The van der Waals surface area contributed by atoms with Crippen LogP contribution in [0, 0.1) is 6.92 Å². The van der Waals surface area contributed by atoms with Gasteiger partial charge in [0, 0.05) is 24.6 Å². The summed E-state index contributed by atoms with van der Waals surface area (Å²) >= 11 is 0. The molecule has 100 valence electrons. The molecule has 4 nitrogen and oxygen atoms in total. The largest absolute Gasteiger partial charge is 0.383 e. The van der Waals surface area contributed by atoms with Gasteiger partial charge >= 0.3 is 0 Å². The normalized spacial score (nSPS) is 16.2. The SMILES string of the molecule is CCc1nc(N)c(C)c(N(CC)C2CCCC2)n1. The van der Waals surface area contributed by atoms with E-state index in [1.165, 1.54) is 25.7 Å². The number of aryl methyl sites for hydroxylation is 1. The van der Waals surface area contributed by atoms with Crippen molar-refractivity contribution in [3.8, 4) is 0 Å². The minimum Gasteiger partial charge on any atom is -0.383 e. The van der Waals surface area contributed by atoms with E-state index in [-0.39, 0.29) is 0 Å². The zero-order valence-electron chi connectivity index (χ0n) is 11.7. The van der Waals surface area contributed by atoms with E-state index < -0.39 is 0 Å². The van der Waals surface area contributed by atoms with Gasteiger partial charge in [0.25, 0.3) is 0 Å². The summed E-state index contributed by atoms with van der Waals surface area (Å²) in [6, 6.07) is 0.632. The van der Waals surface area contributed by atoms with Crippen molar-refractivity contribution in [1.82, 2.24) is 9.97 Å². The third-order valence-electron chi connectivity index (χ3n) is 3.90. The van der Waals surface area contributed by atoms with Gasteiger partial charge in [-0.3, -0.25) is 0 Å². The Bertz CT molecular complexity index is 411. The molecule has 0 amide bonds. The van der Waals surface area contributed by atoms with Crippen LogP contribution in [0.1, 0.15) is 50.9 Å². The predicted molar refractivity (Wildman–Crippen MR) is 75.8 cm³/mol. The Hall–Kier alpha value is -1.32. The summed E-state index contributed by atoms with van der Waals surface area (Å²) in [4.78, 5) is 11.5. The monoisotopic (exact) mass is 248 g/mol. The molecular formula is C14H24N4. The molecule has 2 N–H and O–H groups in total. The standard InChI is InChI=1S/C14H24N4/c1-4-12-16-13(15)10(3)14(17-12)18(5-2)11-8-6-7-9-11/h11H,4-9H2,1-3H3,(H2,15,16,17). The summed E-state index contributed by atoms with van der Waals surface area (Å²) in [5.41, 5.74) is 7.04. The van der Waals surface area contributed by atoms with Crippen molar-refractivity contribution < 1.29 is 0 Å². The molecule has 0 aliphatic heterocycles. The van der Waals surface area contributed by atoms with Gasteiger partial charge in [0.05, 0.1) is 0 Å². The molecule has 1 aliphatic rings. The average Bonchev–Trinajstić information content (AvgIpc) is 2.89. The number of aromatic nitrogens is 2. The summed E-state index contributed by atoms with van der Waals surface area (Å²) in [5.74, 6) is 2.53. The van der Waals surface area contributed by atoms with E-state index in [0.29, 0.717) is 11.9 Å². The van der Waals surface area contributed by atoms with Gasteiger partial charge in [-0.25, -0.2) is 9.97 Å². The molecule has 4 heteroatoms. The Labute approximate surface area is 110 Å². The van der Waals surface area contributed by atoms with Crippen LogP contribution >= 0.6 is 0 Å². The molecule has 0 spiro atoms. The molecule has 2 rings (SSSR count). The van der Waals surface area contributed by atoms with Crippen LogP contribution in [0.25, 0.3) is 0 Å². The van der Waals surface area contributed by atoms with Crippen LogP contribution in [0.2, 0.25) is 0 Å². The second-order valence-electron chi connectivity index (χ2n) is 5.05. The average molecular weight is 248 g/mol. The Balaban J connectivity index is 2.37. The molecule has 1 aromatic heterocycles. The third-order valence-corrected chi connectivity index (χ3v) is 3.90. The molecule has 0 radical (unpaired) electrons. The fourth-order valence-electron chi connectivity index (χ4n) is 2.80. The first-order valence-electron chi connectivity index (χ1n) is 7.07. The quantitative estimate of drug-likeness (QED) is 0.890. The van der Waals surface area contributed by atoms with Crippen LogP contribution in [0.5, 0.6) is 0 Å². The van der Waals surface area contributed by atoms with Crippen LogP contribution in [0.4, 0.5) is 11.6 Å². The lowest BCUT2D eigenvalue weighted by molar-refractivity contribution is 0.609. The van der Waals surface area contributed by atoms with E-state index in [1.54, 1.807) is 0 Å². The molecule has 0 saturated heterocycles. The van der Waals surface area contributed by atoms with Crippen LogP contribution in [-0.4, -0.2) is 22.6 Å². The molecule has 1 aromatic rings. The Morgan fingerprint density at radius 2 is 1.89 bits per heavy atom. The Morgan fingerprint density at radius 3 is 2.44 bits per heavy atom. The van der Waals surface area contributed by atoms with Crippen LogP contribution < -0.4 is 10.6 Å². The molecule has 0 aromatic carbocycles. The highest BCUT2D eigenvalue weighted by molar-refractivity contribution is 5.57. The first-order chi connectivity index (χ1) is 8.67. The molecule has 0 unspecified atom stereocenters. The van der Waals surface area contributed by atoms with E-state index in [0.717, 1.165) is 30.2 Å². The number of nitrogens with two attached hydrogens (primary N) is 1. The number of rotatable bonds is 4. The zero-order chi connectivity index (χ0) is 13.1. The third kappa shape index (κ3) is 2.42. The highest BCUT2D eigenvalue weighted by Crippen LogP contribution is 2.30. The summed E-state index contributed by atoms with van der Waals surface area (Å²) in [6.07, 6.45) is 6.06. The maximum Gasteiger partial charge on any atom is 0.137 e. The summed E-state index contributed by atoms with van der Waals surface area (Å²) in [7, 11) is 0. The summed E-state index contributed by atoms with van der Waals surface area (Å²) in [6.45, 7) is 7.29. The van der Waals surface area contributed by atoms with Gasteiger partial charge in [-0.15, -0.1) is 0 Å². The number of nitrogens with zero attached hydrogens (tertiary/aromatic N) is 3. The minimum atomic E-state index is 0.632. The molecule has 0 bridgehead atoms. The predicted octanol–water partition coefficient (Wildman–Crippen LogP) is 2.70. The highest BCUT2D eigenvalue weighted by Gasteiger charge is 2.24. The van der Waals surface area contributed by atoms with E-state index in [4.69, 9.17) is 10.7 Å². The Morgan fingerprint density at radius 1 is 1.22 bits per heavy atom. The fraction of sp³-hybridized carbons (Fsp3) is 0.714. The summed E-state index contributed by atoms with van der Waals surface area (Å²) in [5, 5.41) is 0. The van der Waals surface area contributed by atoms with Crippen molar-refractivity contribution >= 4 is 11.6 Å². The maximum atomic E-state index is 6.01. The number of hydrogen-bond donors (Lipinski definition) is 1. The van der Waals surface area contributed by atoms with Crippen LogP contribution in [0.3, 0.4) is 0 Å². The topological polar surface area (TPSA) is 55.0 Å². The van der Waals surface area contributed by atoms with Gasteiger partial charge in [-0.05, 0) is 26.7 Å². The smallest absolute Gasteiger partial charge is 0.137 e. The lowest BCUT2D eigenvalue weighted by Crippen LogP contribution is -2.34. The Kier molecular flexibility index (Phi) is 4.04. The van der Waals surface area contributed by atoms with Crippen molar-refractivity contribution in [3.63, 3.8) is 0 Å². The van der Waals surface area contributed by atoms with Gasteiger partial charge in [0.1, 0.15) is 17.5 Å². The molecule has 1 aliphatic carbocycles. The van der Waals surface area contributed by atoms with Crippen molar-refractivity contribution in [3.05, 3.63) is 11.4 Å². The molecule has 0 atom stereocenters. The van der Waals surface area contributed by atoms with Gasteiger partial charge in [-0.2, -0.15) is 0 Å². The lowest BCUT2D eigenvalue weighted by atomic mass is 10.2. The minimum absolute atomic E-state index is 0.632. The van der Waals surface area contributed by atoms with Crippen molar-refractivity contribution in [1.29, 1.82) is 0 Å². The first-order valence-corrected chi connectivity index (χ1v) is 7.07. The van der Waals surface area contributed by atoms with Gasteiger partial charge < -0.3 is 10.6 Å². The number of hydrogen-bond acceptors (Lipinski definition) is 4. The van der Waals surface area contributed by atoms with Crippen molar-refractivity contribution in [2.24, 2.45) is 0 Å². The molecule has 1 saturated carbocycles. The van der Waals surface area contributed by atoms with Crippen LogP contribution in [0.15, 0.2) is 0 Å². The fourth-order valence-corrected chi connectivity index (χ4v) is 2.80. The summed E-state index contributed by atoms with van der Waals surface area (Å²) < 4.78 is 0. The van der Waals surface area contributed by atoms with E-state index in [2.05, 4.69) is 23.7 Å². The van der Waals surface area contributed by atoms with E-state index in [9.17, 15) is 0 Å². The van der Waals surface area contributed by atoms with Gasteiger partial charge in [0.2, 0.25) is 0 Å².